The van der Waals surface area contributed by atoms with E-state index in [1.165, 1.54) is 0 Å². The maximum absolute atomic E-state index is 12.5. The lowest BCUT2D eigenvalue weighted by Gasteiger charge is -2.17. The molecule has 26 heavy (non-hydrogen) atoms. The summed E-state index contributed by atoms with van der Waals surface area (Å²) in [6, 6.07) is 9.66. The van der Waals surface area contributed by atoms with E-state index in [2.05, 4.69) is 20.3 Å². The number of amides is 1. The first-order valence-corrected chi connectivity index (χ1v) is 8.49. The summed E-state index contributed by atoms with van der Waals surface area (Å²) >= 11 is 0. The van der Waals surface area contributed by atoms with Crippen molar-refractivity contribution >= 4 is 17.5 Å². The molecule has 0 unspecified atom stereocenters. The number of anilines is 2. The van der Waals surface area contributed by atoms with E-state index in [1.54, 1.807) is 30.5 Å². The second kappa shape index (κ2) is 8.24. The van der Waals surface area contributed by atoms with Gasteiger partial charge >= 0.3 is 0 Å². The van der Waals surface area contributed by atoms with E-state index in [4.69, 9.17) is 0 Å². The zero-order valence-corrected chi connectivity index (χ0v) is 15.0. The van der Waals surface area contributed by atoms with Gasteiger partial charge in [0.25, 0.3) is 5.91 Å². The second-order valence-electron chi connectivity index (χ2n) is 6.07. The minimum absolute atomic E-state index is 0.0869. The number of nitrogens with one attached hydrogen (secondary N) is 1. The lowest BCUT2D eigenvalue weighted by atomic mass is 10.2. The first-order valence-electron chi connectivity index (χ1n) is 8.49. The number of rotatable bonds is 7. The highest BCUT2D eigenvalue weighted by molar-refractivity contribution is 5.93. The van der Waals surface area contributed by atoms with Gasteiger partial charge in [0.05, 0.1) is 5.56 Å². The van der Waals surface area contributed by atoms with Gasteiger partial charge in [0, 0.05) is 57.5 Å². The summed E-state index contributed by atoms with van der Waals surface area (Å²) in [7, 11) is 3.76. The molecular formula is C19H22N6O. The Labute approximate surface area is 152 Å². The van der Waals surface area contributed by atoms with Crippen LogP contribution in [0.25, 0.3) is 0 Å². The lowest BCUT2D eigenvalue weighted by Crippen LogP contribution is -2.28. The number of aryl methyl sites for hydroxylation is 2. The zero-order chi connectivity index (χ0) is 18.4. The van der Waals surface area contributed by atoms with Gasteiger partial charge in [-0.15, -0.1) is 0 Å². The van der Waals surface area contributed by atoms with Crippen molar-refractivity contribution < 1.29 is 4.79 Å². The van der Waals surface area contributed by atoms with Gasteiger partial charge in [-0.1, -0.05) is 18.2 Å². The van der Waals surface area contributed by atoms with E-state index in [0.29, 0.717) is 18.1 Å². The largest absolute Gasteiger partial charge is 0.342 e. The molecular weight excluding hydrogens is 328 g/mol. The molecule has 1 N–H and O–H groups in total. The Morgan fingerprint density at radius 2 is 1.88 bits per heavy atom. The van der Waals surface area contributed by atoms with E-state index in [1.807, 2.05) is 48.1 Å². The molecule has 7 nitrogen and oxygen atoms in total. The Morgan fingerprint density at radius 1 is 1.15 bits per heavy atom. The van der Waals surface area contributed by atoms with Gasteiger partial charge in [-0.2, -0.15) is 0 Å². The summed E-state index contributed by atoms with van der Waals surface area (Å²) in [5, 5.41) is 3.10. The van der Waals surface area contributed by atoms with Gasteiger partial charge in [0.15, 0.2) is 0 Å². The van der Waals surface area contributed by atoms with E-state index >= 15 is 0 Å². The molecule has 3 rings (SSSR count). The summed E-state index contributed by atoms with van der Waals surface area (Å²) in [4.78, 5) is 26.9. The highest BCUT2D eigenvalue weighted by Gasteiger charge is 2.13. The number of para-hydroxylation sites is 1. The molecule has 0 aliphatic carbocycles. The topological polar surface area (TPSA) is 75.9 Å². The normalized spacial score (nSPS) is 10.5. The maximum atomic E-state index is 12.5. The van der Waals surface area contributed by atoms with Gasteiger partial charge in [-0.25, -0.2) is 15.0 Å². The Hall–Kier alpha value is -3.22. The van der Waals surface area contributed by atoms with Crippen molar-refractivity contribution in [1.29, 1.82) is 0 Å². The molecule has 134 valence electrons. The van der Waals surface area contributed by atoms with Gasteiger partial charge in [0.1, 0.15) is 5.82 Å². The number of benzene rings is 1. The predicted octanol–water partition coefficient (Wildman–Crippen LogP) is 2.66. The van der Waals surface area contributed by atoms with Gasteiger partial charge in [-0.05, 0) is 18.6 Å². The van der Waals surface area contributed by atoms with Crippen molar-refractivity contribution in [2.24, 2.45) is 7.05 Å². The van der Waals surface area contributed by atoms with Gasteiger partial charge in [0.2, 0.25) is 5.95 Å². The van der Waals surface area contributed by atoms with Crippen LogP contribution in [0.2, 0.25) is 0 Å². The van der Waals surface area contributed by atoms with E-state index < -0.39 is 0 Å². The third kappa shape index (κ3) is 4.44. The number of nitrogens with zero attached hydrogens (tertiary/aromatic N) is 5. The summed E-state index contributed by atoms with van der Waals surface area (Å²) < 4.78 is 1.99. The fourth-order valence-electron chi connectivity index (χ4n) is 2.59. The van der Waals surface area contributed by atoms with Crippen molar-refractivity contribution in [3.63, 3.8) is 0 Å². The minimum atomic E-state index is -0.0869. The first kappa shape index (κ1) is 17.6. The van der Waals surface area contributed by atoms with E-state index in [9.17, 15) is 4.79 Å². The number of aromatic nitrogens is 4. The second-order valence-corrected chi connectivity index (χ2v) is 6.07. The molecule has 2 heterocycles. The fourth-order valence-corrected chi connectivity index (χ4v) is 2.59. The minimum Gasteiger partial charge on any atom is -0.342 e. The number of carbonyl (C=O) groups is 1. The van der Waals surface area contributed by atoms with Crippen molar-refractivity contribution in [2.75, 3.05) is 18.9 Å². The number of hydrogen-bond acceptors (Lipinski definition) is 5. The van der Waals surface area contributed by atoms with Crippen LogP contribution in [0.5, 0.6) is 0 Å². The van der Waals surface area contributed by atoms with E-state index in [0.717, 1.165) is 24.4 Å². The third-order valence-electron chi connectivity index (χ3n) is 4.09. The molecule has 2 aromatic heterocycles. The van der Waals surface area contributed by atoms with Crippen LogP contribution in [0, 0.1) is 0 Å². The van der Waals surface area contributed by atoms with Crippen LogP contribution in [0.4, 0.5) is 11.6 Å². The molecule has 0 saturated carbocycles. The lowest BCUT2D eigenvalue weighted by molar-refractivity contribution is 0.0792. The van der Waals surface area contributed by atoms with Gasteiger partial charge in [-0.3, -0.25) is 4.79 Å². The molecule has 0 bridgehead atoms. The number of carbonyl (C=O) groups excluding carboxylic acids is 1. The molecule has 1 aromatic carbocycles. The summed E-state index contributed by atoms with van der Waals surface area (Å²) in [6.45, 7) is 0.649. The highest BCUT2D eigenvalue weighted by Crippen LogP contribution is 2.12. The van der Waals surface area contributed by atoms with Crippen LogP contribution in [0.3, 0.4) is 0 Å². The van der Waals surface area contributed by atoms with Crippen LogP contribution in [0.15, 0.2) is 55.1 Å². The van der Waals surface area contributed by atoms with Gasteiger partial charge < -0.3 is 14.8 Å². The maximum Gasteiger partial charge on any atom is 0.256 e. The standard InChI is InChI=1S/C19H22N6O/c1-24-12-10-20-17(24)9-6-11-25(2)18(26)15-13-21-19(22-14-15)23-16-7-4-3-5-8-16/h3-5,7-8,10,12-14H,6,9,11H2,1-2H3,(H,21,22,23). The molecule has 7 heteroatoms. The predicted molar refractivity (Wildman–Crippen MR) is 100 cm³/mol. The smallest absolute Gasteiger partial charge is 0.256 e. The van der Waals surface area contributed by atoms with Crippen LogP contribution in [-0.2, 0) is 13.5 Å². The van der Waals surface area contributed by atoms with Crippen molar-refractivity contribution in [3.05, 3.63) is 66.5 Å². The van der Waals surface area contributed by atoms with Crippen LogP contribution >= 0.6 is 0 Å². The van der Waals surface area contributed by atoms with Crippen LogP contribution < -0.4 is 5.32 Å². The Balaban J connectivity index is 1.52. The zero-order valence-electron chi connectivity index (χ0n) is 15.0. The molecule has 0 fully saturated rings. The molecule has 0 aliphatic heterocycles. The first-order chi connectivity index (χ1) is 12.6. The molecule has 1 amide bonds. The summed E-state index contributed by atoms with van der Waals surface area (Å²) in [5.74, 6) is 1.40. The van der Waals surface area contributed by atoms with Crippen molar-refractivity contribution in [1.82, 2.24) is 24.4 Å². The van der Waals surface area contributed by atoms with E-state index in [-0.39, 0.29) is 5.91 Å². The van der Waals surface area contributed by atoms with Crippen molar-refractivity contribution in [2.45, 2.75) is 12.8 Å². The quantitative estimate of drug-likeness (QED) is 0.709. The molecule has 0 aliphatic rings. The Bertz CT molecular complexity index is 844. The summed E-state index contributed by atoms with van der Waals surface area (Å²) in [6.07, 6.45) is 8.49. The fraction of sp³-hybridized carbons (Fsp3) is 0.263. The highest BCUT2D eigenvalue weighted by atomic mass is 16.2. The van der Waals surface area contributed by atoms with Crippen LogP contribution in [0.1, 0.15) is 22.6 Å². The SMILES string of the molecule is CN(CCCc1nccn1C)C(=O)c1cnc(Nc2ccccc2)nc1. The monoisotopic (exact) mass is 350 g/mol. The molecule has 3 aromatic rings. The van der Waals surface area contributed by atoms with Crippen LogP contribution in [-0.4, -0.2) is 43.9 Å². The number of hydrogen-bond donors (Lipinski definition) is 1. The van der Waals surface area contributed by atoms with Crippen molar-refractivity contribution in [3.8, 4) is 0 Å². The molecule has 0 radical (unpaired) electrons. The molecule has 0 atom stereocenters. The average molecular weight is 350 g/mol. The average Bonchev–Trinajstić information content (AvgIpc) is 3.07. The Kier molecular flexibility index (Phi) is 5.58. The Morgan fingerprint density at radius 3 is 2.54 bits per heavy atom. The molecule has 0 saturated heterocycles. The summed E-state index contributed by atoms with van der Waals surface area (Å²) in [5.41, 5.74) is 1.38. The third-order valence-corrected chi connectivity index (χ3v) is 4.09. The number of imidazole rings is 1. The molecule has 0 spiro atoms.